The lowest BCUT2D eigenvalue weighted by atomic mass is 9.43. The SMILES string of the molecule is COCCNC(=O)NC1CCC23CCC1C21CCN(CC2CC2)C3Cc2ccc(OC)cc21. The van der Waals surface area contributed by atoms with E-state index in [2.05, 4.69) is 33.7 Å². The van der Waals surface area contributed by atoms with Gasteiger partial charge in [0.1, 0.15) is 5.75 Å². The van der Waals surface area contributed by atoms with Crippen molar-refractivity contribution in [3.63, 3.8) is 0 Å². The van der Waals surface area contributed by atoms with Crippen molar-refractivity contribution in [1.82, 2.24) is 15.5 Å². The topological polar surface area (TPSA) is 62.8 Å². The lowest BCUT2D eigenvalue weighted by molar-refractivity contribution is -0.0945. The Hall–Kier alpha value is -1.79. The molecule has 0 aromatic heterocycles. The highest BCUT2D eigenvalue weighted by molar-refractivity contribution is 5.74. The standard InChI is InChI=1S/C27H39N3O3/c1-32-14-12-28-25(31)29-23-8-10-26-9-7-21(23)27(26)11-13-30(17-18-3-4-18)24(26)15-19-5-6-20(33-2)16-22(19)27/h5-6,16,18,21,23-24H,3-4,7-15,17H2,1-2H3,(H2,28,29,31). The van der Waals surface area contributed by atoms with Crippen molar-refractivity contribution in [3.8, 4) is 5.75 Å². The Morgan fingerprint density at radius 3 is 2.79 bits per heavy atom. The van der Waals surface area contributed by atoms with Crippen LogP contribution >= 0.6 is 0 Å². The zero-order valence-electron chi connectivity index (χ0n) is 20.2. The second kappa shape index (κ2) is 8.16. The van der Waals surface area contributed by atoms with Gasteiger partial charge in [-0.1, -0.05) is 6.07 Å². The van der Waals surface area contributed by atoms with Gasteiger partial charge < -0.3 is 20.1 Å². The fourth-order valence-electron chi connectivity index (χ4n) is 8.57. The molecule has 2 N–H and O–H groups in total. The summed E-state index contributed by atoms with van der Waals surface area (Å²) in [4.78, 5) is 15.6. The maximum atomic E-state index is 12.7. The number of urea groups is 1. The van der Waals surface area contributed by atoms with Crippen LogP contribution in [0.3, 0.4) is 0 Å². The number of amides is 2. The highest BCUT2D eigenvalue weighted by Crippen LogP contribution is 2.72. The minimum atomic E-state index is -0.0442. The average molecular weight is 454 g/mol. The Labute approximate surface area is 197 Å². The van der Waals surface area contributed by atoms with Crippen molar-refractivity contribution in [2.45, 2.75) is 68.9 Å². The number of carbonyl (C=O) groups is 1. The molecule has 180 valence electrons. The molecule has 5 atom stereocenters. The van der Waals surface area contributed by atoms with Crippen molar-refractivity contribution >= 4 is 6.03 Å². The van der Waals surface area contributed by atoms with Crippen molar-refractivity contribution in [2.75, 3.05) is 40.5 Å². The van der Waals surface area contributed by atoms with E-state index in [0.29, 0.717) is 30.5 Å². The van der Waals surface area contributed by atoms with Gasteiger partial charge in [0.25, 0.3) is 0 Å². The van der Waals surface area contributed by atoms with Crippen LogP contribution in [0.4, 0.5) is 4.79 Å². The van der Waals surface area contributed by atoms with Gasteiger partial charge in [-0.05, 0) is 98.4 Å². The van der Waals surface area contributed by atoms with Crippen molar-refractivity contribution in [1.29, 1.82) is 0 Å². The van der Waals surface area contributed by atoms with E-state index in [0.717, 1.165) is 18.1 Å². The molecule has 1 heterocycles. The monoisotopic (exact) mass is 453 g/mol. The summed E-state index contributed by atoms with van der Waals surface area (Å²) in [6.45, 7) is 3.58. The lowest BCUT2D eigenvalue weighted by Gasteiger charge is -2.66. The van der Waals surface area contributed by atoms with Crippen LogP contribution in [0.2, 0.25) is 0 Å². The number of rotatable bonds is 7. The molecule has 1 aliphatic heterocycles. The van der Waals surface area contributed by atoms with E-state index in [1.807, 2.05) is 0 Å². The van der Waals surface area contributed by atoms with Gasteiger partial charge in [0, 0.05) is 37.7 Å². The van der Waals surface area contributed by atoms with E-state index < -0.39 is 0 Å². The molecule has 1 saturated heterocycles. The second-order valence-corrected chi connectivity index (χ2v) is 11.2. The van der Waals surface area contributed by atoms with Crippen molar-refractivity contribution < 1.29 is 14.3 Å². The Bertz CT molecular complexity index is 918. The number of carbonyl (C=O) groups excluding carboxylic acids is 1. The molecule has 5 unspecified atom stereocenters. The number of nitrogens with zero attached hydrogens (tertiary/aromatic N) is 1. The fraction of sp³-hybridized carbons (Fsp3) is 0.741. The third-order valence-corrected chi connectivity index (χ3v) is 9.99. The zero-order chi connectivity index (χ0) is 22.6. The van der Waals surface area contributed by atoms with E-state index in [9.17, 15) is 4.79 Å². The molecule has 33 heavy (non-hydrogen) atoms. The number of methoxy groups -OCH3 is 2. The van der Waals surface area contributed by atoms with Crippen LogP contribution in [0.1, 0.15) is 56.1 Å². The Morgan fingerprint density at radius 1 is 1.15 bits per heavy atom. The first-order chi connectivity index (χ1) is 16.1. The fourth-order valence-corrected chi connectivity index (χ4v) is 8.57. The summed E-state index contributed by atoms with van der Waals surface area (Å²) in [6.07, 6.45) is 10.0. The number of piperidine rings is 1. The highest BCUT2D eigenvalue weighted by Gasteiger charge is 2.71. The number of benzene rings is 1. The van der Waals surface area contributed by atoms with Crippen LogP contribution in [-0.4, -0.2) is 63.5 Å². The van der Waals surface area contributed by atoms with Gasteiger partial charge >= 0.3 is 6.03 Å². The van der Waals surface area contributed by atoms with Gasteiger partial charge in [-0.25, -0.2) is 4.79 Å². The summed E-state index contributed by atoms with van der Waals surface area (Å²) in [5.41, 5.74) is 3.56. The van der Waals surface area contributed by atoms with Gasteiger partial charge in [-0.2, -0.15) is 0 Å². The molecule has 1 aromatic rings. The molecular formula is C27H39N3O3. The predicted molar refractivity (Wildman–Crippen MR) is 128 cm³/mol. The Kier molecular flexibility index (Phi) is 5.37. The maximum Gasteiger partial charge on any atom is 0.315 e. The minimum absolute atomic E-state index is 0.0442. The largest absolute Gasteiger partial charge is 0.497 e. The zero-order valence-corrected chi connectivity index (χ0v) is 20.2. The summed E-state index contributed by atoms with van der Waals surface area (Å²) in [5.74, 6) is 2.40. The summed E-state index contributed by atoms with van der Waals surface area (Å²) in [5, 5.41) is 6.38. The van der Waals surface area contributed by atoms with Crippen LogP contribution in [0, 0.1) is 17.3 Å². The number of fused-ring (bicyclic) bond motifs is 1. The van der Waals surface area contributed by atoms with Crippen LogP contribution in [0.25, 0.3) is 0 Å². The lowest BCUT2D eigenvalue weighted by Crippen LogP contribution is -2.70. The van der Waals surface area contributed by atoms with Crippen LogP contribution < -0.4 is 15.4 Å². The molecular weight excluding hydrogens is 414 g/mol. The number of hydrogen-bond donors (Lipinski definition) is 2. The third kappa shape index (κ3) is 3.23. The smallest absolute Gasteiger partial charge is 0.315 e. The van der Waals surface area contributed by atoms with Crippen LogP contribution in [0.15, 0.2) is 18.2 Å². The number of likely N-dealkylation sites (tertiary alicyclic amines) is 1. The van der Waals surface area contributed by atoms with Crippen LogP contribution in [-0.2, 0) is 16.6 Å². The minimum Gasteiger partial charge on any atom is -0.497 e. The second-order valence-electron chi connectivity index (χ2n) is 11.2. The van der Waals surface area contributed by atoms with Gasteiger partial charge in [0.05, 0.1) is 13.7 Å². The Balaban J connectivity index is 1.36. The number of ether oxygens (including phenoxy) is 2. The first kappa shape index (κ1) is 21.7. The molecule has 4 bridgehead atoms. The molecule has 6 nitrogen and oxygen atoms in total. The molecule has 4 fully saturated rings. The maximum absolute atomic E-state index is 12.7. The third-order valence-electron chi connectivity index (χ3n) is 9.99. The summed E-state index contributed by atoms with van der Waals surface area (Å²) >= 11 is 0. The van der Waals surface area contributed by atoms with Crippen LogP contribution in [0.5, 0.6) is 5.75 Å². The Morgan fingerprint density at radius 2 is 2.00 bits per heavy atom. The van der Waals surface area contributed by atoms with Gasteiger partial charge in [0.2, 0.25) is 0 Å². The van der Waals surface area contributed by atoms with E-state index in [1.54, 1.807) is 14.2 Å². The molecule has 1 aromatic carbocycles. The van der Waals surface area contributed by atoms with E-state index in [1.165, 1.54) is 69.2 Å². The molecule has 2 amide bonds. The number of hydrogen-bond acceptors (Lipinski definition) is 4. The van der Waals surface area contributed by atoms with Crippen molar-refractivity contribution in [2.24, 2.45) is 17.3 Å². The summed E-state index contributed by atoms with van der Waals surface area (Å²) < 4.78 is 10.8. The average Bonchev–Trinajstić information content (AvgIpc) is 3.60. The first-order valence-corrected chi connectivity index (χ1v) is 13.1. The quantitative estimate of drug-likeness (QED) is 0.621. The molecule has 5 aliphatic rings. The molecule has 6 heteroatoms. The number of nitrogens with one attached hydrogen (secondary N) is 2. The van der Waals surface area contributed by atoms with Gasteiger partial charge in [0.15, 0.2) is 0 Å². The highest BCUT2D eigenvalue weighted by atomic mass is 16.5. The molecule has 4 aliphatic carbocycles. The molecule has 3 saturated carbocycles. The van der Waals surface area contributed by atoms with Crippen molar-refractivity contribution in [3.05, 3.63) is 29.3 Å². The normalized spacial score (nSPS) is 36.6. The van der Waals surface area contributed by atoms with E-state index >= 15 is 0 Å². The summed E-state index contributed by atoms with van der Waals surface area (Å²) in [6, 6.07) is 7.68. The van der Waals surface area contributed by atoms with Gasteiger partial charge in [-0.3, -0.25) is 4.90 Å². The molecule has 0 radical (unpaired) electrons. The van der Waals surface area contributed by atoms with E-state index in [4.69, 9.17) is 9.47 Å². The van der Waals surface area contributed by atoms with E-state index in [-0.39, 0.29) is 17.5 Å². The summed E-state index contributed by atoms with van der Waals surface area (Å²) in [7, 11) is 3.45. The first-order valence-electron chi connectivity index (χ1n) is 13.1. The molecule has 0 spiro atoms. The van der Waals surface area contributed by atoms with Gasteiger partial charge in [-0.15, -0.1) is 0 Å². The predicted octanol–water partition coefficient (Wildman–Crippen LogP) is 3.48. The molecule has 6 rings (SSSR count).